The molecule has 16 heavy (non-hydrogen) atoms. The van der Waals surface area contributed by atoms with Gasteiger partial charge in [0.1, 0.15) is 0 Å². The molecule has 0 fully saturated rings. The highest BCUT2D eigenvalue weighted by molar-refractivity contribution is 6.18. The molecule has 0 bridgehead atoms. The van der Waals surface area contributed by atoms with Gasteiger partial charge in [0.25, 0.3) is 0 Å². The van der Waals surface area contributed by atoms with Crippen LogP contribution in [0.5, 0.6) is 0 Å². The summed E-state index contributed by atoms with van der Waals surface area (Å²) in [4.78, 5) is 0. The van der Waals surface area contributed by atoms with Gasteiger partial charge in [0.15, 0.2) is 0 Å². The number of rotatable bonds is 3. The average molecular weight is 259 g/mol. The number of alkyl halides is 2. The maximum Gasteiger partial charge on any atom is 0.0479 e. The Hall–Kier alpha value is -0.200. The molecule has 0 atom stereocenters. The quantitative estimate of drug-likeness (QED) is 0.653. The maximum absolute atomic E-state index is 6.05. The van der Waals surface area contributed by atoms with Crippen molar-refractivity contribution in [3.63, 3.8) is 0 Å². The Balaban J connectivity index is 3.63. The van der Waals surface area contributed by atoms with Crippen molar-refractivity contribution in [1.82, 2.24) is 0 Å². The molecule has 0 aliphatic heterocycles. The second kappa shape index (κ2) is 5.42. The van der Waals surface area contributed by atoms with Crippen molar-refractivity contribution in [1.29, 1.82) is 0 Å². The molecule has 0 spiro atoms. The van der Waals surface area contributed by atoms with Crippen molar-refractivity contribution in [2.75, 3.05) is 0 Å². The molecule has 2 heteroatoms. The van der Waals surface area contributed by atoms with Crippen molar-refractivity contribution < 1.29 is 0 Å². The van der Waals surface area contributed by atoms with Gasteiger partial charge in [-0.05, 0) is 60.1 Å². The summed E-state index contributed by atoms with van der Waals surface area (Å²) in [5.41, 5.74) is 7.88. The fourth-order valence-electron chi connectivity index (χ4n) is 2.62. The molecule has 0 saturated heterocycles. The summed E-state index contributed by atoms with van der Waals surface area (Å²) in [7, 11) is 0. The molecule has 90 valence electrons. The molecule has 0 unspecified atom stereocenters. The van der Waals surface area contributed by atoms with Crippen LogP contribution in [0.2, 0.25) is 0 Å². The Morgan fingerprint density at radius 2 is 1.19 bits per heavy atom. The highest BCUT2D eigenvalue weighted by atomic mass is 35.5. The third-order valence-corrected chi connectivity index (χ3v) is 4.00. The minimum absolute atomic E-state index is 0.518. The molecule has 1 aromatic carbocycles. The van der Waals surface area contributed by atoms with E-state index in [0.29, 0.717) is 17.7 Å². The van der Waals surface area contributed by atoms with Crippen LogP contribution in [0.4, 0.5) is 0 Å². The van der Waals surface area contributed by atoms with Gasteiger partial charge in [-0.3, -0.25) is 0 Å². The summed E-state index contributed by atoms with van der Waals surface area (Å²) in [5.74, 6) is 1.66. The van der Waals surface area contributed by atoms with Crippen molar-refractivity contribution in [3.05, 3.63) is 33.4 Å². The van der Waals surface area contributed by atoms with Crippen LogP contribution in [0, 0.1) is 20.8 Å². The SMILES string of the molecule is Cc1c(CCl)c(C)c(C(C)C)c(C)c1CCl. The molecule has 0 nitrogen and oxygen atoms in total. The van der Waals surface area contributed by atoms with E-state index in [1.165, 1.54) is 33.4 Å². The summed E-state index contributed by atoms with van der Waals surface area (Å²) in [6, 6.07) is 0. The second-order valence-corrected chi connectivity index (χ2v) is 5.20. The molecule has 0 heterocycles. The smallest absolute Gasteiger partial charge is 0.0479 e. The first kappa shape index (κ1) is 13.9. The van der Waals surface area contributed by atoms with Crippen LogP contribution < -0.4 is 0 Å². The van der Waals surface area contributed by atoms with Crippen LogP contribution >= 0.6 is 23.2 Å². The van der Waals surface area contributed by atoms with Crippen LogP contribution in [0.25, 0.3) is 0 Å². The van der Waals surface area contributed by atoms with Crippen LogP contribution in [0.3, 0.4) is 0 Å². The fraction of sp³-hybridized carbons (Fsp3) is 0.571. The molecular formula is C14H20Cl2. The Morgan fingerprint density at radius 1 is 0.812 bits per heavy atom. The minimum Gasteiger partial charge on any atom is -0.122 e. The van der Waals surface area contributed by atoms with Gasteiger partial charge in [0.2, 0.25) is 0 Å². The summed E-state index contributed by atoms with van der Waals surface area (Å²) in [6.07, 6.45) is 0. The molecule has 0 radical (unpaired) electrons. The predicted octanol–water partition coefficient (Wildman–Crippen LogP) is 5.21. The monoisotopic (exact) mass is 258 g/mol. The van der Waals surface area contributed by atoms with Crippen molar-refractivity contribution in [2.45, 2.75) is 52.3 Å². The van der Waals surface area contributed by atoms with Crippen molar-refractivity contribution >= 4 is 23.2 Å². The largest absolute Gasteiger partial charge is 0.122 e. The van der Waals surface area contributed by atoms with Crippen molar-refractivity contribution in [3.8, 4) is 0 Å². The Kier molecular flexibility index (Phi) is 4.70. The third-order valence-electron chi connectivity index (χ3n) is 3.46. The molecular weight excluding hydrogens is 239 g/mol. The van der Waals surface area contributed by atoms with E-state index >= 15 is 0 Å². The summed E-state index contributed by atoms with van der Waals surface area (Å²) >= 11 is 12.1. The molecule has 0 aromatic heterocycles. The summed E-state index contributed by atoms with van der Waals surface area (Å²) in [5, 5.41) is 0. The molecule has 1 aromatic rings. The summed E-state index contributed by atoms with van der Waals surface area (Å²) in [6.45, 7) is 10.9. The molecule has 0 amide bonds. The van der Waals surface area contributed by atoms with Gasteiger partial charge in [0.05, 0.1) is 0 Å². The molecule has 1 rings (SSSR count). The van der Waals surface area contributed by atoms with Crippen LogP contribution in [-0.4, -0.2) is 0 Å². The van der Waals surface area contributed by atoms with Gasteiger partial charge in [-0.2, -0.15) is 0 Å². The Labute approximate surface area is 109 Å². The first-order valence-electron chi connectivity index (χ1n) is 5.69. The number of hydrogen-bond donors (Lipinski definition) is 0. The van der Waals surface area contributed by atoms with Crippen LogP contribution in [-0.2, 0) is 11.8 Å². The molecule has 0 aliphatic carbocycles. The maximum atomic E-state index is 6.05. The predicted molar refractivity (Wildman–Crippen MR) is 73.9 cm³/mol. The lowest BCUT2D eigenvalue weighted by atomic mass is 9.85. The molecule has 0 saturated carbocycles. The van der Waals surface area contributed by atoms with E-state index < -0.39 is 0 Å². The van der Waals surface area contributed by atoms with Gasteiger partial charge in [-0.25, -0.2) is 0 Å². The molecule has 0 aliphatic rings. The number of halogens is 2. The second-order valence-electron chi connectivity index (χ2n) is 4.67. The van der Waals surface area contributed by atoms with Crippen LogP contribution in [0.15, 0.2) is 0 Å². The van der Waals surface area contributed by atoms with E-state index in [4.69, 9.17) is 23.2 Å². The van der Waals surface area contributed by atoms with E-state index in [0.717, 1.165) is 0 Å². The van der Waals surface area contributed by atoms with Crippen LogP contribution in [0.1, 0.15) is 53.1 Å². The third kappa shape index (κ3) is 2.24. The number of benzene rings is 1. The Bertz CT molecular complexity index is 361. The topological polar surface area (TPSA) is 0 Å². The summed E-state index contributed by atoms with van der Waals surface area (Å²) < 4.78 is 0. The van der Waals surface area contributed by atoms with Gasteiger partial charge < -0.3 is 0 Å². The van der Waals surface area contributed by atoms with Gasteiger partial charge >= 0.3 is 0 Å². The lowest BCUT2D eigenvalue weighted by Gasteiger charge is -2.22. The standard InChI is InChI=1S/C14H20Cl2/c1-8(2)14-10(4)12(6-15)9(3)13(7-16)11(14)5/h8H,6-7H2,1-5H3. The first-order valence-corrected chi connectivity index (χ1v) is 6.75. The van der Waals surface area contributed by atoms with E-state index in [9.17, 15) is 0 Å². The van der Waals surface area contributed by atoms with E-state index in [2.05, 4.69) is 34.6 Å². The van der Waals surface area contributed by atoms with E-state index in [-0.39, 0.29) is 0 Å². The highest BCUT2D eigenvalue weighted by Gasteiger charge is 2.17. The fourth-order valence-corrected chi connectivity index (χ4v) is 3.42. The van der Waals surface area contributed by atoms with E-state index in [1.54, 1.807) is 0 Å². The minimum atomic E-state index is 0.518. The van der Waals surface area contributed by atoms with Crippen molar-refractivity contribution in [2.24, 2.45) is 0 Å². The van der Waals surface area contributed by atoms with Gasteiger partial charge in [0, 0.05) is 11.8 Å². The van der Waals surface area contributed by atoms with Gasteiger partial charge in [-0.1, -0.05) is 13.8 Å². The zero-order valence-corrected chi connectivity index (χ0v) is 12.3. The lowest BCUT2D eigenvalue weighted by Crippen LogP contribution is -2.07. The highest BCUT2D eigenvalue weighted by Crippen LogP contribution is 2.33. The van der Waals surface area contributed by atoms with E-state index in [1.807, 2.05) is 0 Å². The Morgan fingerprint density at radius 3 is 1.44 bits per heavy atom. The van der Waals surface area contributed by atoms with Gasteiger partial charge in [-0.15, -0.1) is 23.2 Å². The average Bonchev–Trinajstić information content (AvgIpc) is 2.18. The number of hydrogen-bond acceptors (Lipinski definition) is 0. The first-order chi connectivity index (χ1) is 7.45. The normalized spacial score (nSPS) is 11.2. The zero-order chi connectivity index (χ0) is 12.5. The lowest BCUT2D eigenvalue weighted by molar-refractivity contribution is 0.836. The zero-order valence-electron chi connectivity index (χ0n) is 10.7. The molecule has 0 N–H and O–H groups in total.